The molecule has 0 saturated carbocycles. The van der Waals surface area contributed by atoms with Gasteiger partial charge in [-0.2, -0.15) is 0 Å². The Labute approximate surface area is 123 Å². The number of rotatable bonds is 3. The van der Waals surface area contributed by atoms with Crippen LogP contribution in [-0.4, -0.2) is 29.2 Å². The van der Waals surface area contributed by atoms with E-state index in [9.17, 15) is 15.2 Å². The summed E-state index contributed by atoms with van der Waals surface area (Å²) in [5.41, 5.74) is 1.47. The number of anilines is 1. The molecule has 1 saturated heterocycles. The highest BCUT2D eigenvalue weighted by Gasteiger charge is 2.26. The average molecular weight is 299 g/mol. The molecule has 1 N–H and O–H groups in total. The van der Waals surface area contributed by atoms with Crippen molar-refractivity contribution in [1.82, 2.24) is 0 Å². The molecular formula is C14H19ClN2O3. The third-order valence-electron chi connectivity index (χ3n) is 3.94. The zero-order valence-corrected chi connectivity index (χ0v) is 12.4. The molecule has 0 amide bonds. The first-order chi connectivity index (χ1) is 9.40. The first-order valence-electron chi connectivity index (χ1n) is 6.77. The van der Waals surface area contributed by atoms with Crippen molar-refractivity contribution in [2.45, 2.75) is 32.8 Å². The summed E-state index contributed by atoms with van der Waals surface area (Å²) in [6.07, 6.45) is 1.63. The van der Waals surface area contributed by atoms with Crippen molar-refractivity contribution in [1.29, 1.82) is 0 Å². The van der Waals surface area contributed by atoms with E-state index in [2.05, 4.69) is 4.90 Å². The Morgan fingerprint density at radius 2 is 2.25 bits per heavy atom. The van der Waals surface area contributed by atoms with Gasteiger partial charge in [0.2, 0.25) is 0 Å². The molecule has 0 bridgehead atoms. The largest absolute Gasteiger partial charge is 0.393 e. The van der Waals surface area contributed by atoms with E-state index in [-0.39, 0.29) is 17.7 Å². The van der Waals surface area contributed by atoms with Crippen molar-refractivity contribution >= 4 is 23.0 Å². The van der Waals surface area contributed by atoms with Gasteiger partial charge in [-0.1, -0.05) is 11.6 Å². The van der Waals surface area contributed by atoms with Crippen LogP contribution >= 0.6 is 11.6 Å². The van der Waals surface area contributed by atoms with Crippen LogP contribution in [0.3, 0.4) is 0 Å². The van der Waals surface area contributed by atoms with Gasteiger partial charge >= 0.3 is 0 Å². The molecule has 1 aliphatic heterocycles. The second kappa shape index (κ2) is 5.97. The van der Waals surface area contributed by atoms with E-state index in [1.807, 2.05) is 0 Å². The topological polar surface area (TPSA) is 66.6 Å². The molecule has 1 fully saturated rings. The third-order valence-corrected chi connectivity index (χ3v) is 4.25. The molecule has 5 nitrogen and oxygen atoms in total. The summed E-state index contributed by atoms with van der Waals surface area (Å²) >= 11 is 6.20. The minimum absolute atomic E-state index is 0.0443. The summed E-state index contributed by atoms with van der Waals surface area (Å²) in [4.78, 5) is 12.6. The molecule has 110 valence electrons. The Kier molecular flexibility index (Phi) is 4.50. The van der Waals surface area contributed by atoms with Crippen LogP contribution in [-0.2, 0) is 0 Å². The lowest BCUT2D eigenvalue weighted by Crippen LogP contribution is -2.39. The van der Waals surface area contributed by atoms with Crippen LogP contribution in [0, 0.1) is 23.0 Å². The van der Waals surface area contributed by atoms with E-state index in [0.29, 0.717) is 10.6 Å². The number of hydrogen-bond donors (Lipinski definition) is 1. The smallest absolute Gasteiger partial charge is 0.273 e. The second-order valence-corrected chi connectivity index (χ2v) is 5.84. The Hall–Kier alpha value is -1.33. The van der Waals surface area contributed by atoms with E-state index in [0.717, 1.165) is 31.6 Å². The lowest BCUT2D eigenvalue weighted by Gasteiger charge is -2.36. The molecule has 2 rings (SSSR count). The Morgan fingerprint density at radius 3 is 2.85 bits per heavy atom. The van der Waals surface area contributed by atoms with Crippen molar-refractivity contribution in [2.75, 3.05) is 18.0 Å². The minimum atomic E-state index is -0.417. The van der Waals surface area contributed by atoms with E-state index < -0.39 is 4.92 Å². The Morgan fingerprint density at radius 1 is 1.55 bits per heavy atom. The van der Waals surface area contributed by atoms with E-state index in [1.54, 1.807) is 19.9 Å². The van der Waals surface area contributed by atoms with Gasteiger partial charge in [0.25, 0.3) is 5.69 Å². The van der Waals surface area contributed by atoms with Crippen molar-refractivity contribution in [2.24, 2.45) is 5.92 Å². The van der Waals surface area contributed by atoms with E-state index in [4.69, 9.17) is 11.6 Å². The summed E-state index contributed by atoms with van der Waals surface area (Å²) in [6.45, 7) is 5.11. The number of benzene rings is 1. The highest BCUT2D eigenvalue weighted by molar-refractivity contribution is 6.33. The lowest BCUT2D eigenvalue weighted by molar-refractivity contribution is -0.385. The summed E-state index contributed by atoms with van der Waals surface area (Å²) in [5, 5.41) is 21.0. The fourth-order valence-corrected chi connectivity index (χ4v) is 2.99. The summed E-state index contributed by atoms with van der Waals surface area (Å²) < 4.78 is 0. The molecule has 20 heavy (non-hydrogen) atoms. The number of halogens is 1. The van der Waals surface area contributed by atoms with Crippen LogP contribution in [0.1, 0.15) is 25.3 Å². The predicted molar refractivity (Wildman–Crippen MR) is 79.5 cm³/mol. The van der Waals surface area contributed by atoms with Crippen molar-refractivity contribution < 1.29 is 10.0 Å². The monoisotopic (exact) mass is 298 g/mol. The zero-order chi connectivity index (χ0) is 14.9. The summed E-state index contributed by atoms with van der Waals surface area (Å²) in [5.74, 6) is 0.218. The van der Waals surface area contributed by atoms with Gasteiger partial charge in [-0.3, -0.25) is 10.1 Å². The fraction of sp³-hybridized carbons (Fsp3) is 0.571. The number of nitrogens with zero attached hydrogens (tertiary/aromatic N) is 2. The Balaban J connectivity index is 2.28. The quantitative estimate of drug-likeness (QED) is 0.687. The molecule has 1 heterocycles. The first kappa shape index (κ1) is 15.1. The van der Waals surface area contributed by atoms with Gasteiger partial charge in [0.05, 0.1) is 21.7 Å². The number of nitro benzene ring substituents is 1. The average Bonchev–Trinajstić information content (AvgIpc) is 2.40. The number of hydrogen-bond acceptors (Lipinski definition) is 4. The highest BCUT2D eigenvalue weighted by Crippen LogP contribution is 2.35. The van der Waals surface area contributed by atoms with Gasteiger partial charge in [-0.25, -0.2) is 0 Å². The van der Waals surface area contributed by atoms with Crippen LogP contribution in [0.15, 0.2) is 12.1 Å². The molecular weight excluding hydrogens is 280 g/mol. The number of aliphatic hydroxyl groups is 1. The molecule has 2 unspecified atom stereocenters. The minimum Gasteiger partial charge on any atom is -0.393 e. The van der Waals surface area contributed by atoms with Crippen LogP contribution in [0.4, 0.5) is 11.4 Å². The molecule has 1 aromatic carbocycles. The van der Waals surface area contributed by atoms with Gasteiger partial charge in [-0.15, -0.1) is 0 Å². The van der Waals surface area contributed by atoms with Crippen LogP contribution in [0.5, 0.6) is 0 Å². The van der Waals surface area contributed by atoms with Gasteiger partial charge in [-0.05, 0) is 32.8 Å². The van der Waals surface area contributed by atoms with E-state index in [1.165, 1.54) is 6.07 Å². The number of aryl methyl sites for hydroxylation is 1. The number of piperidine rings is 1. The predicted octanol–water partition coefficient (Wildman–Crippen LogP) is 3.15. The van der Waals surface area contributed by atoms with E-state index >= 15 is 0 Å². The van der Waals surface area contributed by atoms with Gasteiger partial charge in [0.1, 0.15) is 0 Å². The normalized spacial score (nSPS) is 20.8. The fourth-order valence-electron chi connectivity index (χ4n) is 2.72. The Bertz CT molecular complexity index is 519. The zero-order valence-electron chi connectivity index (χ0n) is 11.7. The maximum Gasteiger partial charge on any atom is 0.273 e. The molecule has 1 aliphatic rings. The molecule has 0 radical (unpaired) electrons. The number of nitro groups is 1. The van der Waals surface area contributed by atoms with Gasteiger partial charge in [0.15, 0.2) is 0 Å². The molecule has 2 atom stereocenters. The van der Waals surface area contributed by atoms with Gasteiger partial charge in [0, 0.05) is 30.6 Å². The van der Waals surface area contributed by atoms with Crippen LogP contribution < -0.4 is 4.90 Å². The molecule has 0 aliphatic carbocycles. The molecule has 0 aromatic heterocycles. The summed E-state index contributed by atoms with van der Waals surface area (Å²) in [7, 11) is 0. The first-order valence-corrected chi connectivity index (χ1v) is 7.15. The SMILES string of the molecule is Cc1cc(N2CCCC(C(C)O)C2)c(Cl)cc1[N+](=O)[O-]. The van der Waals surface area contributed by atoms with Crippen molar-refractivity contribution in [3.05, 3.63) is 32.8 Å². The molecule has 6 heteroatoms. The van der Waals surface area contributed by atoms with Crippen molar-refractivity contribution in [3.8, 4) is 0 Å². The van der Waals surface area contributed by atoms with Crippen molar-refractivity contribution in [3.63, 3.8) is 0 Å². The molecule has 1 aromatic rings. The second-order valence-electron chi connectivity index (χ2n) is 5.44. The maximum absolute atomic E-state index is 10.9. The third kappa shape index (κ3) is 3.04. The number of aliphatic hydroxyl groups excluding tert-OH is 1. The molecule has 0 spiro atoms. The highest BCUT2D eigenvalue weighted by atomic mass is 35.5. The van der Waals surface area contributed by atoms with Crippen LogP contribution in [0.25, 0.3) is 0 Å². The standard InChI is InChI=1S/C14H19ClN2O3/c1-9-6-14(12(15)7-13(9)17(19)20)16-5-3-4-11(8-16)10(2)18/h6-7,10-11,18H,3-5,8H2,1-2H3. The van der Waals surface area contributed by atoms with Crippen LogP contribution in [0.2, 0.25) is 5.02 Å². The maximum atomic E-state index is 10.9. The lowest BCUT2D eigenvalue weighted by atomic mass is 9.93. The van der Waals surface area contributed by atoms with Gasteiger partial charge < -0.3 is 10.0 Å². The summed E-state index contributed by atoms with van der Waals surface area (Å²) in [6, 6.07) is 3.18.